The van der Waals surface area contributed by atoms with Crippen molar-refractivity contribution in [1.29, 1.82) is 0 Å². The maximum atomic E-state index is 11.5. The molecule has 0 saturated heterocycles. The van der Waals surface area contributed by atoms with E-state index >= 15 is 0 Å². The van der Waals surface area contributed by atoms with Crippen LogP contribution in [-0.4, -0.2) is 25.5 Å². The summed E-state index contributed by atoms with van der Waals surface area (Å²) in [5, 5.41) is 0. The average Bonchev–Trinajstić information content (AvgIpc) is 2.23. The van der Waals surface area contributed by atoms with E-state index in [1.165, 1.54) is 0 Å². The van der Waals surface area contributed by atoms with E-state index in [0.717, 1.165) is 19.0 Å². The standard InChI is InChI=1S/C10H19NO5S/c1-3-5-7-16-10(12)9(6-4-2)8-11-17(13,14)15/h8,11H,3-7H2,1-2H3,(H,13,14,15). The van der Waals surface area contributed by atoms with Crippen molar-refractivity contribution in [2.45, 2.75) is 39.5 Å². The maximum Gasteiger partial charge on any atom is 0.357 e. The van der Waals surface area contributed by atoms with Crippen molar-refractivity contribution in [3.8, 4) is 0 Å². The predicted octanol–water partition coefficient (Wildman–Crippen LogP) is 1.41. The molecular weight excluding hydrogens is 246 g/mol. The Morgan fingerprint density at radius 3 is 2.47 bits per heavy atom. The van der Waals surface area contributed by atoms with Gasteiger partial charge in [0.25, 0.3) is 0 Å². The molecule has 2 N–H and O–H groups in total. The summed E-state index contributed by atoms with van der Waals surface area (Å²) in [6.07, 6.45) is 3.68. The Morgan fingerprint density at radius 2 is 2.00 bits per heavy atom. The number of carbonyl (C=O) groups excluding carboxylic acids is 1. The number of rotatable bonds is 8. The quantitative estimate of drug-likeness (QED) is 0.299. The summed E-state index contributed by atoms with van der Waals surface area (Å²) in [5.41, 5.74) is 0.196. The Labute approximate surface area is 102 Å². The second kappa shape index (κ2) is 8.08. The lowest BCUT2D eigenvalue weighted by atomic mass is 10.2. The number of carbonyl (C=O) groups is 1. The van der Waals surface area contributed by atoms with Crippen molar-refractivity contribution in [3.05, 3.63) is 11.8 Å². The first-order valence-corrected chi connectivity index (χ1v) is 6.95. The molecule has 0 unspecified atom stereocenters. The van der Waals surface area contributed by atoms with Gasteiger partial charge in [0.15, 0.2) is 0 Å². The number of nitrogens with one attached hydrogen (secondary N) is 1. The van der Waals surface area contributed by atoms with Crippen molar-refractivity contribution in [2.75, 3.05) is 6.61 Å². The number of hydrogen-bond donors (Lipinski definition) is 2. The third kappa shape index (κ3) is 8.70. The number of esters is 1. The average molecular weight is 265 g/mol. The van der Waals surface area contributed by atoms with Crippen LogP contribution >= 0.6 is 0 Å². The Hall–Kier alpha value is -1.08. The molecule has 0 fully saturated rings. The van der Waals surface area contributed by atoms with Crippen LogP contribution in [-0.2, 0) is 19.8 Å². The summed E-state index contributed by atoms with van der Waals surface area (Å²) in [6, 6.07) is 0. The van der Waals surface area contributed by atoms with Crippen LogP contribution in [0.3, 0.4) is 0 Å². The predicted molar refractivity (Wildman–Crippen MR) is 63.5 cm³/mol. The summed E-state index contributed by atoms with van der Waals surface area (Å²) in [4.78, 5) is 11.5. The van der Waals surface area contributed by atoms with Gasteiger partial charge in [-0.25, -0.2) is 4.79 Å². The highest BCUT2D eigenvalue weighted by molar-refractivity contribution is 7.83. The van der Waals surface area contributed by atoms with Gasteiger partial charge in [-0.1, -0.05) is 26.7 Å². The molecule has 0 rings (SSSR count). The number of unbranched alkanes of at least 4 members (excludes halogenated alkanes) is 1. The van der Waals surface area contributed by atoms with E-state index in [0.29, 0.717) is 19.4 Å². The lowest BCUT2D eigenvalue weighted by molar-refractivity contribution is -0.139. The highest BCUT2D eigenvalue weighted by Gasteiger charge is 2.11. The summed E-state index contributed by atoms with van der Waals surface area (Å²) >= 11 is 0. The smallest absolute Gasteiger partial charge is 0.357 e. The van der Waals surface area contributed by atoms with Gasteiger partial charge in [0.2, 0.25) is 0 Å². The minimum atomic E-state index is -4.33. The SMILES string of the molecule is CCCCOC(=O)C(=CNS(=O)(=O)O)CCC. The maximum absolute atomic E-state index is 11.5. The Kier molecular flexibility index (Phi) is 7.56. The van der Waals surface area contributed by atoms with Crippen molar-refractivity contribution in [3.63, 3.8) is 0 Å². The van der Waals surface area contributed by atoms with E-state index in [1.807, 2.05) is 13.8 Å². The van der Waals surface area contributed by atoms with Crippen LogP contribution in [0, 0.1) is 0 Å². The Morgan fingerprint density at radius 1 is 1.35 bits per heavy atom. The fourth-order valence-corrected chi connectivity index (χ4v) is 1.34. The molecule has 0 heterocycles. The largest absolute Gasteiger partial charge is 0.462 e. The third-order valence-electron chi connectivity index (χ3n) is 1.89. The molecule has 0 radical (unpaired) electrons. The topological polar surface area (TPSA) is 92.7 Å². The molecule has 0 aliphatic heterocycles. The van der Waals surface area contributed by atoms with E-state index < -0.39 is 16.3 Å². The normalized spacial score (nSPS) is 12.3. The second-order valence-electron chi connectivity index (χ2n) is 3.50. The second-order valence-corrected chi connectivity index (χ2v) is 4.69. The van der Waals surface area contributed by atoms with Crippen LogP contribution in [0.2, 0.25) is 0 Å². The first kappa shape index (κ1) is 15.9. The van der Waals surface area contributed by atoms with E-state index in [2.05, 4.69) is 0 Å². The first-order valence-electron chi connectivity index (χ1n) is 5.51. The van der Waals surface area contributed by atoms with Crippen LogP contribution in [0.1, 0.15) is 39.5 Å². The molecule has 0 atom stereocenters. The lowest BCUT2D eigenvalue weighted by Crippen LogP contribution is -2.19. The Balaban J connectivity index is 4.45. The van der Waals surface area contributed by atoms with Crippen LogP contribution in [0.15, 0.2) is 11.8 Å². The van der Waals surface area contributed by atoms with Gasteiger partial charge >= 0.3 is 16.3 Å². The molecule has 0 aliphatic carbocycles. The van der Waals surface area contributed by atoms with Gasteiger partial charge < -0.3 is 4.74 Å². The van der Waals surface area contributed by atoms with E-state index in [1.54, 1.807) is 4.72 Å². The fourth-order valence-electron chi connectivity index (χ4n) is 1.05. The molecule has 0 aliphatic rings. The molecule has 0 bridgehead atoms. The zero-order valence-electron chi connectivity index (χ0n) is 10.1. The summed E-state index contributed by atoms with van der Waals surface area (Å²) in [6.45, 7) is 4.12. The van der Waals surface area contributed by atoms with E-state index in [-0.39, 0.29) is 5.57 Å². The van der Waals surface area contributed by atoms with Gasteiger partial charge in [-0.05, 0) is 12.8 Å². The molecule has 100 valence electrons. The third-order valence-corrected chi connectivity index (χ3v) is 2.31. The van der Waals surface area contributed by atoms with E-state index in [4.69, 9.17) is 9.29 Å². The number of ether oxygens (including phenoxy) is 1. The zero-order chi connectivity index (χ0) is 13.3. The molecule has 0 aromatic heterocycles. The summed E-state index contributed by atoms with van der Waals surface area (Å²) in [7, 11) is -4.33. The summed E-state index contributed by atoms with van der Waals surface area (Å²) in [5.74, 6) is -0.559. The highest BCUT2D eigenvalue weighted by atomic mass is 32.2. The van der Waals surface area contributed by atoms with Gasteiger partial charge in [0, 0.05) is 6.20 Å². The highest BCUT2D eigenvalue weighted by Crippen LogP contribution is 2.07. The molecule has 0 amide bonds. The summed E-state index contributed by atoms with van der Waals surface area (Å²) < 4.78 is 36.1. The van der Waals surface area contributed by atoms with Crippen molar-refractivity contribution < 1.29 is 22.5 Å². The monoisotopic (exact) mass is 265 g/mol. The van der Waals surface area contributed by atoms with Crippen molar-refractivity contribution >= 4 is 16.3 Å². The molecule has 0 saturated carbocycles. The fraction of sp³-hybridized carbons (Fsp3) is 0.700. The zero-order valence-corrected chi connectivity index (χ0v) is 10.9. The van der Waals surface area contributed by atoms with E-state index in [9.17, 15) is 13.2 Å². The van der Waals surface area contributed by atoms with Crippen molar-refractivity contribution in [2.24, 2.45) is 0 Å². The molecule has 17 heavy (non-hydrogen) atoms. The molecule has 0 aromatic carbocycles. The van der Waals surface area contributed by atoms with Gasteiger partial charge in [0.1, 0.15) is 0 Å². The van der Waals surface area contributed by atoms with Crippen LogP contribution in [0.5, 0.6) is 0 Å². The van der Waals surface area contributed by atoms with Crippen LogP contribution in [0.25, 0.3) is 0 Å². The number of hydrogen-bond acceptors (Lipinski definition) is 4. The minimum Gasteiger partial charge on any atom is -0.462 e. The van der Waals surface area contributed by atoms with Gasteiger partial charge in [-0.15, -0.1) is 0 Å². The molecule has 7 heteroatoms. The molecule has 0 spiro atoms. The Bertz CT molecular complexity index is 361. The first-order chi connectivity index (χ1) is 7.90. The molecular formula is C10H19NO5S. The van der Waals surface area contributed by atoms with Crippen molar-refractivity contribution in [1.82, 2.24) is 4.72 Å². The lowest BCUT2D eigenvalue weighted by Gasteiger charge is -2.07. The molecule has 6 nitrogen and oxygen atoms in total. The van der Waals surface area contributed by atoms with Gasteiger partial charge in [-0.2, -0.15) is 8.42 Å². The van der Waals surface area contributed by atoms with Crippen LogP contribution in [0.4, 0.5) is 0 Å². The van der Waals surface area contributed by atoms with Gasteiger partial charge in [-0.3, -0.25) is 9.27 Å². The van der Waals surface area contributed by atoms with Gasteiger partial charge in [0.05, 0.1) is 12.2 Å². The van der Waals surface area contributed by atoms with Crippen LogP contribution < -0.4 is 4.72 Å². The molecule has 0 aromatic rings. The minimum absolute atomic E-state index is 0.196.